The maximum absolute atomic E-state index is 13.2. The zero-order valence-electron chi connectivity index (χ0n) is 16.8. The van der Waals surface area contributed by atoms with E-state index < -0.39 is 10.0 Å². The SMILES string of the molecule is O=S(=O)(c1ccc2c(c1)OCCCO2)N1CCN(c2nnnn2-c2ccccc2)CC1. The van der Waals surface area contributed by atoms with Crippen molar-refractivity contribution in [3.05, 3.63) is 48.5 Å². The highest BCUT2D eigenvalue weighted by Crippen LogP contribution is 2.33. The Kier molecular flexibility index (Phi) is 5.20. The predicted molar refractivity (Wildman–Crippen MR) is 112 cm³/mol. The molecule has 5 rings (SSSR count). The Hall–Kier alpha value is -3.18. The summed E-state index contributed by atoms with van der Waals surface area (Å²) in [5, 5.41) is 12.0. The highest BCUT2D eigenvalue weighted by atomic mass is 32.2. The maximum Gasteiger partial charge on any atom is 0.250 e. The second-order valence-corrected chi connectivity index (χ2v) is 9.21. The van der Waals surface area contributed by atoms with Gasteiger partial charge in [0.25, 0.3) is 0 Å². The molecular formula is C20H22N6O4S. The maximum atomic E-state index is 13.2. The van der Waals surface area contributed by atoms with Gasteiger partial charge >= 0.3 is 0 Å². The number of hydrogen-bond acceptors (Lipinski definition) is 8. The minimum atomic E-state index is -3.65. The van der Waals surface area contributed by atoms with Crippen LogP contribution in [0, 0.1) is 0 Å². The molecule has 0 amide bonds. The zero-order chi connectivity index (χ0) is 21.3. The van der Waals surface area contributed by atoms with Crippen LogP contribution in [-0.4, -0.2) is 72.3 Å². The molecule has 1 aromatic heterocycles. The second-order valence-electron chi connectivity index (χ2n) is 7.28. The summed E-state index contributed by atoms with van der Waals surface area (Å²) in [6.07, 6.45) is 0.765. The Bertz CT molecular complexity index is 1160. The van der Waals surface area contributed by atoms with Crippen molar-refractivity contribution >= 4 is 16.0 Å². The first-order valence-electron chi connectivity index (χ1n) is 10.1. The van der Waals surface area contributed by atoms with E-state index in [1.165, 1.54) is 4.31 Å². The van der Waals surface area contributed by atoms with Gasteiger partial charge in [0.05, 0.1) is 23.8 Å². The predicted octanol–water partition coefficient (Wildman–Crippen LogP) is 1.33. The fraction of sp³-hybridized carbons (Fsp3) is 0.350. The van der Waals surface area contributed by atoms with Gasteiger partial charge in [-0.05, 0) is 34.7 Å². The number of anilines is 1. The van der Waals surface area contributed by atoms with E-state index >= 15 is 0 Å². The highest BCUT2D eigenvalue weighted by molar-refractivity contribution is 7.89. The molecular weight excluding hydrogens is 420 g/mol. The summed E-state index contributed by atoms with van der Waals surface area (Å²) in [6, 6.07) is 14.4. The number of benzene rings is 2. The molecule has 3 aromatic rings. The lowest BCUT2D eigenvalue weighted by atomic mass is 10.3. The van der Waals surface area contributed by atoms with Gasteiger partial charge in [-0.15, -0.1) is 0 Å². The van der Waals surface area contributed by atoms with Crippen molar-refractivity contribution in [3.8, 4) is 17.2 Å². The molecule has 2 aromatic carbocycles. The van der Waals surface area contributed by atoms with Gasteiger partial charge in [-0.25, -0.2) is 8.42 Å². The van der Waals surface area contributed by atoms with Crippen LogP contribution in [-0.2, 0) is 10.0 Å². The summed E-state index contributed by atoms with van der Waals surface area (Å²) in [5.74, 6) is 1.65. The van der Waals surface area contributed by atoms with Gasteiger partial charge in [0.2, 0.25) is 16.0 Å². The third-order valence-corrected chi connectivity index (χ3v) is 7.23. The van der Waals surface area contributed by atoms with Gasteiger partial charge in [0, 0.05) is 38.7 Å². The fourth-order valence-corrected chi connectivity index (χ4v) is 5.14. The molecule has 0 saturated carbocycles. The third kappa shape index (κ3) is 3.81. The van der Waals surface area contributed by atoms with Crippen LogP contribution >= 0.6 is 0 Å². The molecule has 3 heterocycles. The Labute approximate surface area is 180 Å². The van der Waals surface area contributed by atoms with E-state index in [-0.39, 0.29) is 4.90 Å². The Balaban J connectivity index is 1.32. The summed E-state index contributed by atoms with van der Waals surface area (Å²) in [7, 11) is -3.65. The number of aromatic nitrogens is 4. The van der Waals surface area contributed by atoms with Crippen molar-refractivity contribution in [2.75, 3.05) is 44.3 Å². The molecule has 0 aliphatic carbocycles. The molecule has 11 heteroatoms. The van der Waals surface area contributed by atoms with Crippen LogP contribution in [0.25, 0.3) is 5.69 Å². The summed E-state index contributed by atoms with van der Waals surface area (Å²) in [5.41, 5.74) is 0.852. The Morgan fingerprint density at radius 3 is 2.39 bits per heavy atom. The molecule has 1 saturated heterocycles. The fourth-order valence-electron chi connectivity index (χ4n) is 3.70. The number of fused-ring (bicyclic) bond motifs is 1. The topological polar surface area (TPSA) is 103 Å². The van der Waals surface area contributed by atoms with E-state index in [9.17, 15) is 8.42 Å². The van der Waals surface area contributed by atoms with Crippen LogP contribution < -0.4 is 14.4 Å². The monoisotopic (exact) mass is 442 g/mol. The molecule has 0 atom stereocenters. The number of tetrazole rings is 1. The summed E-state index contributed by atoms with van der Waals surface area (Å²) >= 11 is 0. The zero-order valence-corrected chi connectivity index (χ0v) is 17.6. The van der Waals surface area contributed by atoms with Crippen LogP contribution in [0.2, 0.25) is 0 Å². The van der Waals surface area contributed by atoms with Crippen molar-refractivity contribution in [1.29, 1.82) is 0 Å². The molecule has 10 nitrogen and oxygen atoms in total. The van der Waals surface area contributed by atoms with Crippen LogP contribution in [0.15, 0.2) is 53.4 Å². The molecule has 0 bridgehead atoms. The van der Waals surface area contributed by atoms with Crippen molar-refractivity contribution in [2.24, 2.45) is 0 Å². The number of piperazine rings is 1. The van der Waals surface area contributed by atoms with Gasteiger partial charge in [0.1, 0.15) is 0 Å². The number of rotatable bonds is 4. The molecule has 31 heavy (non-hydrogen) atoms. The molecule has 0 N–H and O–H groups in total. The quantitative estimate of drug-likeness (QED) is 0.596. The van der Waals surface area contributed by atoms with Crippen LogP contribution in [0.1, 0.15) is 6.42 Å². The molecule has 1 fully saturated rings. The lowest BCUT2D eigenvalue weighted by molar-refractivity contribution is 0.296. The van der Waals surface area contributed by atoms with E-state index in [1.807, 2.05) is 35.2 Å². The molecule has 0 spiro atoms. The largest absolute Gasteiger partial charge is 0.490 e. The number of nitrogens with zero attached hydrogens (tertiary/aromatic N) is 6. The molecule has 2 aliphatic heterocycles. The average Bonchev–Trinajstić information content (AvgIpc) is 3.18. The van der Waals surface area contributed by atoms with Crippen molar-refractivity contribution < 1.29 is 17.9 Å². The van der Waals surface area contributed by atoms with Crippen molar-refractivity contribution in [1.82, 2.24) is 24.5 Å². The van der Waals surface area contributed by atoms with Crippen LogP contribution in [0.3, 0.4) is 0 Å². The van der Waals surface area contributed by atoms with E-state index in [0.717, 1.165) is 12.1 Å². The number of hydrogen-bond donors (Lipinski definition) is 0. The lowest BCUT2D eigenvalue weighted by Crippen LogP contribution is -2.49. The van der Waals surface area contributed by atoms with Crippen molar-refractivity contribution in [2.45, 2.75) is 11.3 Å². The Morgan fingerprint density at radius 2 is 1.61 bits per heavy atom. The van der Waals surface area contributed by atoms with E-state index in [4.69, 9.17) is 9.47 Å². The number of para-hydroxylation sites is 1. The van der Waals surface area contributed by atoms with Crippen molar-refractivity contribution in [3.63, 3.8) is 0 Å². The normalized spacial score (nSPS) is 17.4. The second kappa shape index (κ2) is 8.16. The van der Waals surface area contributed by atoms with Gasteiger partial charge in [-0.2, -0.15) is 8.99 Å². The minimum absolute atomic E-state index is 0.208. The third-order valence-electron chi connectivity index (χ3n) is 5.33. The van der Waals surface area contributed by atoms with E-state index in [2.05, 4.69) is 15.5 Å². The highest BCUT2D eigenvalue weighted by Gasteiger charge is 2.31. The lowest BCUT2D eigenvalue weighted by Gasteiger charge is -2.34. The van der Waals surface area contributed by atoms with Crippen LogP contribution in [0.5, 0.6) is 11.5 Å². The molecule has 0 radical (unpaired) electrons. The molecule has 0 unspecified atom stereocenters. The smallest absolute Gasteiger partial charge is 0.250 e. The van der Waals surface area contributed by atoms with E-state index in [0.29, 0.717) is 56.8 Å². The first kappa shape index (κ1) is 19.8. The Morgan fingerprint density at radius 1 is 0.871 bits per heavy atom. The minimum Gasteiger partial charge on any atom is -0.490 e. The summed E-state index contributed by atoms with van der Waals surface area (Å²) < 4.78 is 40.8. The first-order valence-corrected chi connectivity index (χ1v) is 11.6. The van der Waals surface area contributed by atoms with Gasteiger partial charge in [-0.3, -0.25) is 0 Å². The van der Waals surface area contributed by atoms with Gasteiger partial charge < -0.3 is 14.4 Å². The summed E-state index contributed by atoms with van der Waals surface area (Å²) in [6.45, 7) is 2.69. The van der Waals surface area contributed by atoms with Crippen LogP contribution in [0.4, 0.5) is 5.95 Å². The number of sulfonamides is 1. The summed E-state index contributed by atoms with van der Waals surface area (Å²) in [4.78, 5) is 2.20. The van der Waals surface area contributed by atoms with E-state index in [1.54, 1.807) is 22.9 Å². The van der Waals surface area contributed by atoms with Gasteiger partial charge in [0.15, 0.2) is 11.5 Å². The number of ether oxygens (including phenoxy) is 2. The van der Waals surface area contributed by atoms with Gasteiger partial charge in [-0.1, -0.05) is 23.3 Å². The molecule has 162 valence electrons. The first-order chi connectivity index (χ1) is 15.1. The standard InChI is InChI=1S/C20H22N6O4S/c27-31(28,17-7-8-18-19(15-17)30-14-4-13-29-18)25-11-9-24(10-12-25)20-21-22-23-26(20)16-5-2-1-3-6-16/h1-3,5-8,15H,4,9-14H2. The average molecular weight is 443 g/mol. The molecule has 2 aliphatic rings.